The third-order valence-corrected chi connectivity index (χ3v) is 4.76. The van der Waals surface area contributed by atoms with Crippen LogP contribution in [0.4, 0.5) is 0 Å². The zero-order chi connectivity index (χ0) is 15.8. The van der Waals surface area contributed by atoms with E-state index < -0.39 is 0 Å². The summed E-state index contributed by atoms with van der Waals surface area (Å²) in [6.45, 7) is 20.5. The number of hydrogen-bond acceptors (Lipinski definition) is 0. The number of rotatable bonds is 0. The van der Waals surface area contributed by atoms with Crippen LogP contribution in [0.3, 0.4) is 0 Å². The first-order valence-corrected chi connectivity index (χ1v) is 8.30. The molecule has 2 aliphatic carbocycles. The third-order valence-electron chi connectivity index (χ3n) is 4.76. The highest BCUT2D eigenvalue weighted by atomic mass is 14.6. The molecule has 0 radical (unpaired) electrons. The SMILES string of the molecule is CC(C)(C)C#CC1(C)CCC1.CC(C)(C)C1CC1(C)C. The summed E-state index contributed by atoms with van der Waals surface area (Å²) in [4.78, 5) is 0. The highest BCUT2D eigenvalue weighted by molar-refractivity contribution is 5.17. The molecule has 0 N–H and O–H groups in total. The van der Waals surface area contributed by atoms with E-state index in [-0.39, 0.29) is 5.41 Å². The van der Waals surface area contributed by atoms with Crippen LogP contribution >= 0.6 is 0 Å². The molecule has 0 aromatic rings. The molecule has 0 aliphatic heterocycles. The maximum absolute atomic E-state index is 3.39. The van der Waals surface area contributed by atoms with Crippen molar-refractivity contribution >= 4 is 0 Å². The molecule has 0 heteroatoms. The van der Waals surface area contributed by atoms with Crippen molar-refractivity contribution < 1.29 is 0 Å². The second-order valence-corrected chi connectivity index (χ2v) is 10.0. The van der Waals surface area contributed by atoms with Crippen LogP contribution in [0.25, 0.3) is 0 Å². The van der Waals surface area contributed by atoms with Gasteiger partial charge < -0.3 is 0 Å². The van der Waals surface area contributed by atoms with Crippen LogP contribution in [0.5, 0.6) is 0 Å². The average Bonchev–Trinajstić information content (AvgIpc) is 2.82. The molecule has 0 heterocycles. The molecule has 2 fully saturated rings. The minimum atomic E-state index is 0.179. The quantitative estimate of drug-likeness (QED) is 0.455. The lowest BCUT2D eigenvalue weighted by atomic mass is 9.70. The van der Waals surface area contributed by atoms with Gasteiger partial charge in [-0.3, -0.25) is 0 Å². The van der Waals surface area contributed by atoms with Gasteiger partial charge in [0.2, 0.25) is 0 Å². The highest BCUT2D eigenvalue weighted by Crippen LogP contribution is 2.60. The van der Waals surface area contributed by atoms with Gasteiger partial charge in [0.05, 0.1) is 0 Å². The Morgan fingerprint density at radius 2 is 1.35 bits per heavy atom. The van der Waals surface area contributed by atoms with Crippen LogP contribution in [0.2, 0.25) is 0 Å². The fourth-order valence-electron chi connectivity index (χ4n) is 3.12. The maximum Gasteiger partial charge on any atom is 0.0286 e. The molecule has 0 nitrogen and oxygen atoms in total. The molecule has 1 unspecified atom stereocenters. The van der Waals surface area contributed by atoms with E-state index in [0.717, 1.165) is 5.92 Å². The van der Waals surface area contributed by atoms with Crippen LogP contribution in [0, 0.1) is 39.4 Å². The highest BCUT2D eigenvalue weighted by Gasteiger charge is 2.51. The zero-order valence-electron chi connectivity index (χ0n) is 15.4. The molecule has 0 bridgehead atoms. The first-order chi connectivity index (χ1) is 8.75. The standard InChI is InChI=1S/C11H18.C9H18/c1-10(2,3)8-9-11(4)6-5-7-11;1-8(2,3)7-6-9(7,4)5/h5-7H2,1-4H3;7H,6H2,1-5H3. The van der Waals surface area contributed by atoms with E-state index in [1.165, 1.54) is 25.7 Å². The summed E-state index contributed by atoms with van der Waals surface area (Å²) in [6, 6.07) is 0. The fraction of sp³-hybridized carbons (Fsp3) is 0.900. The Morgan fingerprint density at radius 3 is 1.50 bits per heavy atom. The predicted molar refractivity (Wildman–Crippen MR) is 90.5 cm³/mol. The molecule has 2 aliphatic rings. The van der Waals surface area contributed by atoms with Crippen LogP contribution in [-0.4, -0.2) is 0 Å². The molecular formula is C20H36. The molecule has 2 saturated carbocycles. The molecular weight excluding hydrogens is 240 g/mol. The molecule has 116 valence electrons. The van der Waals surface area contributed by atoms with E-state index >= 15 is 0 Å². The summed E-state index contributed by atoms with van der Waals surface area (Å²) in [7, 11) is 0. The second kappa shape index (κ2) is 5.40. The lowest BCUT2D eigenvalue weighted by Crippen LogP contribution is -2.23. The Bertz CT molecular complexity index is 382. The van der Waals surface area contributed by atoms with Gasteiger partial charge in [-0.25, -0.2) is 0 Å². The minimum Gasteiger partial charge on any atom is -0.0968 e. The van der Waals surface area contributed by atoms with E-state index in [9.17, 15) is 0 Å². The lowest BCUT2D eigenvalue weighted by Gasteiger charge is -2.33. The van der Waals surface area contributed by atoms with Gasteiger partial charge >= 0.3 is 0 Å². The molecule has 0 spiro atoms. The van der Waals surface area contributed by atoms with E-state index in [1.54, 1.807) is 0 Å². The Kier molecular flexibility index (Phi) is 4.75. The smallest absolute Gasteiger partial charge is 0.0286 e. The normalized spacial score (nSPS) is 26.4. The minimum absolute atomic E-state index is 0.179. The van der Waals surface area contributed by atoms with Gasteiger partial charge in [-0.1, -0.05) is 52.9 Å². The first kappa shape index (κ1) is 17.6. The zero-order valence-corrected chi connectivity index (χ0v) is 15.4. The summed E-state index contributed by atoms with van der Waals surface area (Å²) in [5.41, 5.74) is 1.74. The summed E-state index contributed by atoms with van der Waals surface area (Å²) < 4.78 is 0. The van der Waals surface area contributed by atoms with Crippen molar-refractivity contribution in [2.75, 3.05) is 0 Å². The van der Waals surface area contributed by atoms with Gasteiger partial charge in [-0.2, -0.15) is 0 Å². The summed E-state index contributed by atoms with van der Waals surface area (Å²) in [5, 5.41) is 0. The molecule has 1 atom stereocenters. The number of hydrogen-bond donors (Lipinski definition) is 0. The van der Waals surface area contributed by atoms with Gasteiger partial charge in [0.1, 0.15) is 0 Å². The van der Waals surface area contributed by atoms with Crippen molar-refractivity contribution in [1.82, 2.24) is 0 Å². The maximum atomic E-state index is 3.39. The van der Waals surface area contributed by atoms with E-state index in [4.69, 9.17) is 0 Å². The van der Waals surface area contributed by atoms with Crippen molar-refractivity contribution in [2.24, 2.45) is 27.6 Å². The van der Waals surface area contributed by atoms with Crippen molar-refractivity contribution in [1.29, 1.82) is 0 Å². The van der Waals surface area contributed by atoms with Crippen LogP contribution < -0.4 is 0 Å². The predicted octanol–water partition coefficient (Wildman–Crippen LogP) is 6.30. The lowest BCUT2D eigenvalue weighted by molar-refractivity contribution is 0.247. The largest absolute Gasteiger partial charge is 0.0968 e. The summed E-state index contributed by atoms with van der Waals surface area (Å²) >= 11 is 0. The molecule has 0 amide bonds. The molecule has 0 aromatic carbocycles. The van der Waals surface area contributed by atoms with Crippen LogP contribution in [0.1, 0.15) is 88.0 Å². The van der Waals surface area contributed by atoms with E-state index in [1.807, 2.05) is 0 Å². The van der Waals surface area contributed by atoms with Crippen LogP contribution in [-0.2, 0) is 0 Å². The van der Waals surface area contributed by atoms with Gasteiger partial charge in [0, 0.05) is 10.8 Å². The van der Waals surface area contributed by atoms with Crippen LogP contribution in [0.15, 0.2) is 0 Å². The van der Waals surface area contributed by atoms with Crippen molar-refractivity contribution in [3.8, 4) is 11.8 Å². The van der Waals surface area contributed by atoms with Gasteiger partial charge in [0.25, 0.3) is 0 Å². The van der Waals surface area contributed by atoms with Gasteiger partial charge in [0.15, 0.2) is 0 Å². The Labute approximate surface area is 128 Å². The molecule has 20 heavy (non-hydrogen) atoms. The van der Waals surface area contributed by atoms with Gasteiger partial charge in [-0.05, 0) is 63.7 Å². The Hall–Kier alpha value is -0.440. The monoisotopic (exact) mass is 276 g/mol. The Balaban J connectivity index is 0.000000204. The van der Waals surface area contributed by atoms with Crippen molar-refractivity contribution in [2.45, 2.75) is 88.0 Å². The second-order valence-electron chi connectivity index (χ2n) is 10.0. The molecule has 0 aromatic heterocycles. The molecule has 2 rings (SSSR count). The van der Waals surface area contributed by atoms with Crippen molar-refractivity contribution in [3.63, 3.8) is 0 Å². The third kappa shape index (κ3) is 5.51. The summed E-state index contributed by atoms with van der Waals surface area (Å²) in [5.74, 6) is 7.66. The fourth-order valence-corrected chi connectivity index (χ4v) is 3.12. The topological polar surface area (TPSA) is 0 Å². The summed E-state index contributed by atoms with van der Waals surface area (Å²) in [6.07, 6.45) is 5.40. The van der Waals surface area contributed by atoms with E-state index in [2.05, 4.69) is 74.2 Å². The molecule has 0 saturated heterocycles. The Morgan fingerprint density at radius 1 is 0.900 bits per heavy atom. The first-order valence-electron chi connectivity index (χ1n) is 8.30. The van der Waals surface area contributed by atoms with E-state index in [0.29, 0.717) is 16.2 Å². The van der Waals surface area contributed by atoms with Gasteiger partial charge in [-0.15, -0.1) is 0 Å². The van der Waals surface area contributed by atoms with Crippen molar-refractivity contribution in [3.05, 3.63) is 0 Å². The average molecular weight is 277 g/mol.